The molecule has 0 aliphatic heterocycles. The summed E-state index contributed by atoms with van der Waals surface area (Å²) in [5.41, 5.74) is 0.614. The van der Waals surface area contributed by atoms with Crippen molar-refractivity contribution < 1.29 is 13.5 Å². The van der Waals surface area contributed by atoms with Gasteiger partial charge in [0.15, 0.2) is 11.6 Å². The third-order valence-corrected chi connectivity index (χ3v) is 3.15. The van der Waals surface area contributed by atoms with E-state index in [4.69, 9.17) is 16.3 Å². The molecule has 0 spiro atoms. The minimum atomic E-state index is -0.633. The second kappa shape index (κ2) is 6.87. The van der Waals surface area contributed by atoms with Gasteiger partial charge in [-0.2, -0.15) is 0 Å². The second-order valence-electron chi connectivity index (χ2n) is 4.94. The SMILES string of the molecule is CC(C)NCc1cc(F)ccc1Oc1cccc(Cl)c1F. The second-order valence-corrected chi connectivity index (χ2v) is 5.35. The molecule has 0 saturated carbocycles. The predicted molar refractivity (Wildman–Crippen MR) is 79.9 cm³/mol. The summed E-state index contributed by atoms with van der Waals surface area (Å²) in [6.45, 7) is 4.39. The van der Waals surface area contributed by atoms with Crippen molar-refractivity contribution in [2.45, 2.75) is 26.4 Å². The molecule has 0 atom stereocenters. The van der Waals surface area contributed by atoms with Crippen LogP contribution in [-0.4, -0.2) is 6.04 Å². The Bertz CT molecular complexity index is 632. The molecule has 0 amide bonds. The van der Waals surface area contributed by atoms with Crippen molar-refractivity contribution in [3.8, 4) is 11.5 Å². The van der Waals surface area contributed by atoms with Crippen LogP contribution in [0.3, 0.4) is 0 Å². The molecule has 0 saturated heterocycles. The fraction of sp³-hybridized carbons (Fsp3) is 0.250. The third-order valence-electron chi connectivity index (χ3n) is 2.86. The summed E-state index contributed by atoms with van der Waals surface area (Å²) in [5, 5.41) is 3.16. The Balaban J connectivity index is 2.28. The Hall–Kier alpha value is -1.65. The van der Waals surface area contributed by atoms with E-state index in [1.165, 1.54) is 30.3 Å². The fourth-order valence-electron chi connectivity index (χ4n) is 1.78. The van der Waals surface area contributed by atoms with Crippen LogP contribution in [0.25, 0.3) is 0 Å². The van der Waals surface area contributed by atoms with Crippen LogP contribution in [0.5, 0.6) is 11.5 Å². The summed E-state index contributed by atoms with van der Waals surface area (Å²) in [5.74, 6) is -0.591. The average Bonchev–Trinajstić information content (AvgIpc) is 2.43. The number of nitrogens with one attached hydrogen (secondary N) is 1. The van der Waals surface area contributed by atoms with Crippen molar-refractivity contribution in [1.82, 2.24) is 5.32 Å². The Labute approximate surface area is 127 Å². The zero-order valence-electron chi connectivity index (χ0n) is 11.8. The zero-order valence-corrected chi connectivity index (χ0v) is 12.5. The molecule has 2 aromatic carbocycles. The highest BCUT2D eigenvalue weighted by atomic mass is 35.5. The minimum absolute atomic E-state index is 0.0138. The smallest absolute Gasteiger partial charge is 0.184 e. The third kappa shape index (κ3) is 4.16. The molecule has 0 heterocycles. The summed E-state index contributed by atoms with van der Waals surface area (Å²) in [4.78, 5) is 0. The quantitative estimate of drug-likeness (QED) is 0.847. The van der Waals surface area contributed by atoms with Gasteiger partial charge in [-0.3, -0.25) is 0 Å². The Kier molecular flexibility index (Phi) is 5.15. The molecule has 112 valence electrons. The summed E-state index contributed by atoms with van der Waals surface area (Å²) < 4.78 is 32.8. The molecule has 2 aromatic rings. The molecular weight excluding hydrogens is 296 g/mol. The topological polar surface area (TPSA) is 21.3 Å². The zero-order chi connectivity index (χ0) is 15.4. The maximum Gasteiger partial charge on any atom is 0.184 e. The van der Waals surface area contributed by atoms with E-state index >= 15 is 0 Å². The van der Waals surface area contributed by atoms with Gasteiger partial charge < -0.3 is 10.1 Å². The van der Waals surface area contributed by atoms with Crippen molar-refractivity contribution in [2.75, 3.05) is 0 Å². The van der Waals surface area contributed by atoms with Crippen molar-refractivity contribution in [1.29, 1.82) is 0 Å². The van der Waals surface area contributed by atoms with Gasteiger partial charge in [-0.15, -0.1) is 0 Å². The van der Waals surface area contributed by atoms with E-state index in [2.05, 4.69) is 5.32 Å². The normalized spacial score (nSPS) is 11.0. The maximum absolute atomic E-state index is 13.9. The highest BCUT2D eigenvalue weighted by Gasteiger charge is 2.12. The Morgan fingerprint density at radius 3 is 2.62 bits per heavy atom. The Morgan fingerprint density at radius 1 is 1.14 bits per heavy atom. The molecule has 0 fully saturated rings. The summed E-state index contributed by atoms with van der Waals surface area (Å²) in [6, 6.07) is 8.87. The van der Waals surface area contributed by atoms with Crippen LogP contribution in [0.4, 0.5) is 8.78 Å². The summed E-state index contributed by atoms with van der Waals surface area (Å²) in [7, 11) is 0. The number of hydrogen-bond acceptors (Lipinski definition) is 2. The van der Waals surface area contributed by atoms with Crippen molar-refractivity contribution >= 4 is 11.6 Å². The van der Waals surface area contributed by atoms with Crippen LogP contribution in [0.2, 0.25) is 5.02 Å². The molecule has 0 aliphatic carbocycles. The summed E-state index contributed by atoms with van der Waals surface area (Å²) in [6.07, 6.45) is 0. The molecule has 5 heteroatoms. The number of ether oxygens (including phenoxy) is 1. The van der Waals surface area contributed by atoms with E-state index < -0.39 is 5.82 Å². The first-order valence-corrected chi connectivity index (χ1v) is 6.99. The van der Waals surface area contributed by atoms with Crippen LogP contribution >= 0.6 is 11.6 Å². The van der Waals surface area contributed by atoms with Gasteiger partial charge in [-0.25, -0.2) is 8.78 Å². The Morgan fingerprint density at radius 2 is 1.90 bits per heavy atom. The number of hydrogen-bond donors (Lipinski definition) is 1. The minimum Gasteiger partial charge on any atom is -0.454 e. The molecule has 0 bridgehead atoms. The monoisotopic (exact) mass is 311 g/mol. The predicted octanol–water partition coefficient (Wildman–Crippen LogP) is 4.91. The van der Waals surface area contributed by atoms with Gasteiger partial charge in [0.1, 0.15) is 11.6 Å². The molecule has 0 unspecified atom stereocenters. The first kappa shape index (κ1) is 15.7. The van der Waals surface area contributed by atoms with E-state index in [1.807, 2.05) is 13.8 Å². The van der Waals surface area contributed by atoms with Crippen molar-refractivity contribution in [3.63, 3.8) is 0 Å². The average molecular weight is 312 g/mol. The number of halogens is 3. The van der Waals surface area contributed by atoms with E-state index in [0.29, 0.717) is 17.9 Å². The first-order chi connectivity index (χ1) is 9.97. The molecule has 0 radical (unpaired) electrons. The van der Waals surface area contributed by atoms with Gasteiger partial charge >= 0.3 is 0 Å². The highest BCUT2D eigenvalue weighted by molar-refractivity contribution is 6.30. The lowest BCUT2D eigenvalue weighted by Crippen LogP contribution is -2.22. The molecule has 1 N–H and O–H groups in total. The fourth-order valence-corrected chi connectivity index (χ4v) is 1.95. The molecular formula is C16H16ClF2NO. The van der Waals surface area contributed by atoms with Gasteiger partial charge in [0.2, 0.25) is 0 Å². The van der Waals surface area contributed by atoms with Crippen molar-refractivity contribution in [2.24, 2.45) is 0 Å². The van der Waals surface area contributed by atoms with Crippen molar-refractivity contribution in [3.05, 3.63) is 58.6 Å². The van der Waals surface area contributed by atoms with Crippen LogP contribution in [0.1, 0.15) is 19.4 Å². The lowest BCUT2D eigenvalue weighted by Gasteiger charge is -2.14. The lowest BCUT2D eigenvalue weighted by atomic mass is 10.2. The van der Waals surface area contributed by atoms with E-state index in [0.717, 1.165) is 0 Å². The van der Waals surface area contributed by atoms with Gasteiger partial charge in [0.25, 0.3) is 0 Å². The van der Waals surface area contributed by atoms with Gasteiger partial charge in [-0.1, -0.05) is 31.5 Å². The number of rotatable bonds is 5. The molecule has 2 rings (SSSR count). The van der Waals surface area contributed by atoms with Crippen LogP contribution in [0.15, 0.2) is 36.4 Å². The van der Waals surface area contributed by atoms with E-state index in [1.54, 1.807) is 6.07 Å². The molecule has 0 aromatic heterocycles. The molecule has 2 nitrogen and oxygen atoms in total. The standard InChI is InChI=1S/C16H16ClF2NO/c1-10(2)20-9-11-8-12(18)6-7-14(11)21-15-5-3-4-13(17)16(15)19/h3-8,10,20H,9H2,1-2H3. The van der Waals surface area contributed by atoms with E-state index in [-0.39, 0.29) is 22.6 Å². The van der Waals surface area contributed by atoms with Crippen LogP contribution in [-0.2, 0) is 6.54 Å². The molecule has 0 aliphatic rings. The lowest BCUT2D eigenvalue weighted by molar-refractivity contribution is 0.432. The molecule has 21 heavy (non-hydrogen) atoms. The highest BCUT2D eigenvalue weighted by Crippen LogP contribution is 2.31. The number of benzene rings is 2. The largest absolute Gasteiger partial charge is 0.454 e. The van der Waals surface area contributed by atoms with Gasteiger partial charge in [-0.05, 0) is 30.3 Å². The maximum atomic E-state index is 13.9. The van der Waals surface area contributed by atoms with Crippen LogP contribution in [0, 0.1) is 11.6 Å². The van der Waals surface area contributed by atoms with E-state index in [9.17, 15) is 8.78 Å². The first-order valence-electron chi connectivity index (χ1n) is 6.61. The van der Waals surface area contributed by atoms with Gasteiger partial charge in [0.05, 0.1) is 5.02 Å². The summed E-state index contributed by atoms with van der Waals surface area (Å²) >= 11 is 5.72. The van der Waals surface area contributed by atoms with Gasteiger partial charge in [0, 0.05) is 18.2 Å². The van der Waals surface area contributed by atoms with Crippen LogP contribution < -0.4 is 10.1 Å².